The predicted molar refractivity (Wildman–Crippen MR) is 557 cm³/mol. The average Bonchev–Trinajstić information content (AvgIpc) is 1.08. The maximum absolute atomic E-state index is 13.8. The topological polar surface area (TPSA) is 450 Å². The molecule has 4 saturated heterocycles. The van der Waals surface area contributed by atoms with E-state index < -0.39 is 97.2 Å². The second kappa shape index (κ2) is 52.3. The van der Waals surface area contributed by atoms with Gasteiger partial charge in [-0.1, -0.05) is 93.9 Å². The van der Waals surface area contributed by atoms with Crippen LogP contribution in [0.15, 0.2) is 194 Å². The van der Waals surface area contributed by atoms with Crippen molar-refractivity contribution in [1.29, 1.82) is 0 Å². The summed E-state index contributed by atoms with van der Waals surface area (Å²) in [6.45, 7) is 28.3. The molecular formula is C108H139ClN4O27S5. The van der Waals surface area contributed by atoms with Gasteiger partial charge in [0.2, 0.25) is 0 Å². The molecule has 0 amide bonds. The highest BCUT2D eigenvalue weighted by Crippen LogP contribution is 2.43. The van der Waals surface area contributed by atoms with Crippen LogP contribution in [0.3, 0.4) is 0 Å². The fraction of sp³-hybridized carbons (Fsp3) is 0.472. The van der Waals surface area contributed by atoms with E-state index in [2.05, 4.69) is 30.4 Å². The lowest BCUT2D eigenvalue weighted by atomic mass is 9.94. The maximum atomic E-state index is 13.8. The van der Waals surface area contributed by atoms with Gasteiger partial charge in [-0.3, -0.25) is 31.5 Å². The van der Waals surface area contributed by atoms with E-state index in [0.29, 0.717) is 105 Å². The van der Waals surface area contributed by atoms with Crippen molar-refractivity contribution in [3.8, 4) is 23.0 Å². The van der Waals surface area contributed by atoms with Crippen LogP contribution >= 0.6 is 10.7 Å². The highest BCUT2D eigenvalue weighted by atomic mass is 35.7. The quantitative estimate of drug-likeness (QED) is 0.0150. The number of halogens is 1. The molecule has 37 heteroatoms. The van der Waals surface area contributed by atoms with Crippen LogP contribution < -0.4 is 27.7 Å². The number of hydrogen-bond acceptors (Lipinski definition) is 28. The predicted octanol–water partition coefficient (Wildman–Crippen LogP) is 15.9. The van der Waals surface area contributed by atoms with Crippen LogP contribution in [-0.4, -0.2) is 216 Å². The highest BCUT2D eigenvalue weighted by molar-refractivity contribution is 8.13. The molecule has 31 nitrogen and oxygen atoms in total. The monoisotopic (exact) mass is 2120 g/mol. The van der Waals surface area contributed by atoms with Crippen LogP contribution in [0.5, 0.6) is 23.0 Å². The lowest BCUT2D eigenvalue weighted by molar-refractivity contribution is 0.0494. The molecule has 0 aromatic heterocycles. The number of fused-ring (bicyclic) bond motifs is 4. The Balaban J connectivity index is 0.000000169. The molecule has 17 rings (SSSR count). The zero-order valence-electron chi connectivity index (χ0n) is 84.4. The summed E-state index contributed by atoms with van der Waals surface area (Å²) in [6.07, 6.45) is 10.7. The maximum Gasteiger partial charge on any atom is 0.296 e. The van der Waals surface area contributed by atoms with E-state index in [1.807, 2.05) is 83.1 Å². The van der Waals surface area contributed by atoms with Crippen LogP contribution in [0.1, 0.15) is 214 Å². The minimum Gasteiger partial charge on any atom is -0.507 e. The van der Waals surface area contributed by atoms with E-state index in [1.165, 1.54) is 106 Å². The number of aliphatic hydroxyl groups is 5. The molecule has 0 radical (unpaired) electrons. The summed E-state index contributed by atoms with van der Waals surface area (Å²) in [7, 11) is -14.5. The van der Waals surface area contributed by atoms with Gasteiger partial charge in [0.15, 0.2) is 17.3 Å². The van der Waals surface area contributed by atoms with Crippen molar-refractivity contribution in [2.24, 2.45) is 17.8 Å². The Morgan fingerprint density at radius 2 is 0.724 bits per heavy atom. The van der Waals surface area contributed by atoms with Crippen molar-refractivity contribution in [1.82, 2.24) is 0 Å². The van der Waals surface area contributed by atoms with Crippen molar-refractivity contribution in [3.05, 3.63) is 242 Å². The molecule has 0 spiro atoms. The molecule has 0 unspecified atom stereocenters. The minimum atomic E-state index is -4.04. The van der Waals surface area contributed by atoms with Crippen molar-refractivity contribution in [2.45, 2.75) is 265 Å². The summed E-state index contributed by atoms with van der Waals surface area (Å²) in [5.74, 6) is 0.237. The van der Waals surface area contributed by atoms with Crippen LogP contribution in [0.2, 0.25) is 0 Å². The molecule has 8 aliphatic rings. The number of ketones is 3. The van der Waals surface area contributed by atoms with Gasteiger partial charge < -0.3 is 69.5 Å². The summed E-state index contributed by atoms with van der Waals surface area (Å²) in [6, 6.07) is 44.4. The Morgan fingerprint density at radius 3 is 1.10 bits per heavy atom. The second-order valence-corrected chi connectivity index (χ2v) is 47.3. The first kappa shape index (κ1) is 115. The van der Waals surface area contributed by atoms with E-state index in [9.17, 15) is 92.2 Å². The molecule has 790 valence electrons. The van der Waals surface area contributed by atoms with E-state index in [1.54, 1.807) is 63.2 Å². The summed E-state index contributed by atoms with van der Waals surface area (Å²) >= 11 is 0. The second-order valence-electron chi connectivity index (χ2n) is 37.6. The van der Waals surface area contributed by atoms with Gasteiger partial charge in [0.25, 0.3) is 49.2 Å². The molecule has 8 heterocycles. The number of phenolic OH excluding ortho intramolecular Hbond substituents is 2. The Bertz CT molecular complexity index is 6540. The van der Waals surface area contributed by atoms with Crippen molar-refractivity contribution >= 4 is 100 Å². The van der Waals surface area contributed by atoms with Gasteiger partial charge in [0.1, 0.15) is 23.0 Å². The summed E-state index contributed by atoms with van der Waals surface area (Å²) in [5, 5.41) is 73.7. The number of aryl methyl sites for hydroxylation is 5. The van der Waals surface area contributed by atoms with Gasteiger partial charge in [-0.05, 0) is 304 Å². The zero-order valence-corrected chi connectivity index (χ0v) is 89.2. The number of aromatic hydroxyl groups is 2. The summed E-state index contributed by atoms with van der Waals surface area (Å²) in [5.41, 5.74) is 12.7. The van der Waals surface area contributed by atoms with Crippen LogP contribution in [0, 0.1) is 24.7 Å². The van der Waals surface area contributed by atoms with Gasteiger partial charge in [-0.15, -0.1) is 0 Å². The number of nitrogens with one attached hydrogen (secondary N) is 1. The molecule has 8 aliphatic heterocycles. The standard InChI is InChI=1S/C26H33NO6S.C25H33NO6S.C20H23NO5S.C13H18O4S.C12H17NO.C8H7ClO4S.C4H8O/c1-4-19-5-7-24-21(13-19)14-25(29)17(2)27(24)34(30,31)22-6-8-26(23(15-22)18(3)28)33-16-20-9-11-32-12-10-20;1-3-18-4-6-23-20(12-18)14-24(28)17(2)26(23)33(29,30)22-5-7-25(21(13-22)15-27)32-16-19-8-10-31-11-9-19;1-4-14-5-7-18-15(9-14)10-20(24)12(2)21(18)27(25,26)16-6-8-19(23)17(11-16)13(3)22;1-11-2-4-13(5-3-11)18(14,15)17-10-12-6-8-16-9-7-12;1-3-9-4-5-11-10(6-9)7-12(14)8(2)13-11;1-5(10)7-4-6(14(9,12)13)2-3-8(7)11;1-2-4-5-3-1/h5-8,13,15,17,20,25,29H,4,9-12,14,16H2,1-3H3;4-7,12-13,17,19,24,27-28H,3,8-11,14-16H2,1-2H3;5-9,11-12,20,23-24H,4,10H2,1-3H3;2-5,12H,6-10H2,1H3;4-6,8,12-14H,3,7H2,1-2H3;2-4,11H,1H3;1-4H2/t17-,25+;17-,24+;12-,20+;;8-,12+;;/m000.0../s1. The Hall–Kier alpha value is -9.97. The van der Waals surface area contributed by atoms with Gasteiger partial charge in [0.05, 0.1) is 127 Å². The number of anilines is 4. The third-order valence-electron chi connectivity index (χ3n) is 27.2. The molecule has 9 aromatic carbocycles. The number of rotatable bonds is 25. The van der Waals surface area contributed by atoms with Gasteiger partial charge in [-0.25, -0.2) is 33.7 Å². The lowest BCUT2D eigenvalue weighted by Crippen LogP contribution is -2.49. The van der Waals surface area contributed by atoms with E-state index >= 15 is 0 Å². The van der Waals surface area contributed by atoms with Crippen molar-refractivity contribution < 1.29 is 125 Å². The van der Waals surface area contributed by atoms with Crippen LogP contribution in [-0.2, 0) is 130 Å². The smallest absolute Gasteiger partial charge is 0.296 e. The molecular weight excluding hydrogens is 1980 g/mol. The number of carbonyl (C=O) groups is 3. The van der Waals surface area contributed by atoms with E-state index in [0.717, 1.165) is 154 Å². The highest BCUT2D eigenvalue weighted by Gasteiger charge is 2.43. The molecule has 0 aliphatic carbocycles. The Labute approximate surface area is 858 Å². The molecule has 8 N–H and O–H groups in total. The summed E-state index contributed by atoms with van der Waals surface area (Å²) < 4.78 is 169. The van der Waals surface area contributed by atoms with Crippen molar-refractivity contribution in [2.75, 3.05) is 90.9 Å². The first-order chi connectivity index (χ1) is 68.8. The number of Topliss-reactive ketones (excluding diaryl/α,β-unsaturated/α-hetero) is 3. The first-order valence-electron chi connectivity index (χ1n) is 49.5. The van der Waals surface area contributed by atoms with Gasteiger partial charge in [-0.2, -0.15) is 8.42 Å². The van der Waals surface area contributed by atoms with Gasteiger partial charge >= 0.3 is 0 Å². The largest absolute Gasteiger partial charge is 0.507 e. The zero-order chi connectivity index (χ0) is 106. The average molecular weight is 2120 g/mol. The number of nitrogens with zero attached hydrogens (tertiary/aromatic N) is 3. The number of carbonyl (C=O) groups excluding carboxylic acids is 3. The molecule has 8 atom stereocenters. The molecule has 9 aromatic rings. The molecule has 0 saturated carbocycles. The number of phenols is 2. The number of benzene rings is 9. The van der Waals surface area contributed by atoms with Crippen molar-refractivity contribution in [3.63, 3.8) is 0 Å². The molecule has 4 fully saturated rings. The number of hydrogen-bond donors (Lipinski definition) is 8. The van der Waals surface area contributed by atoms with E-state index in [4.69, 9.17) is 43.3 Å². The Morgan fingerprint density at radius 1 is 0.393 bits per heavy atom. The third kappa shape index (κ3) is 30.0. The van der Waals surface area contributed by atoms with Gasteiger partial charge in [0, 0.05) is 107 Å². The number of aliphatic hydroxyl groups excluding tert-OH is 5. The fourth-order valence-corrected chi connectivity index (χ4v) is 24.9. The SMILES string of the molecule is C1CCOC1.CC(=O)c1cc(S(=O)(=O)Cl)ccc1O.CCc1ccc2c(c1)C[C@@H](O)[C@H](C)N2.CCc1ccc2c(c1)C[C@@H](O)[C@H](C)N2S(=O)(=O)c1ccc(O)c(C(C)=O)c1.CCc1ccc2c(c1)C[C@@H](O)[C@H](C)N2S(=O)(=O)c1ccc(OCC2CCOCC2)c(C(C)=O)c1.CCc1ccc2c(c1)C[C@@H](O)[C@H](C)N2S(=O)(=O)c1ccc(OCC2CCOCC2)c(CO)c1.Cc1ccc(S(=O)(=O)OCC2CCOCC2)cc1. The number of sulfonamides is 3. The van der Waals surface area contributed by atoms with E-state index in [-0.39, 0.29) is 89.7 Å². The third-order valence-corrected chi connectivity index (χ3v) is 35.5. The van der Waals surface area contributed by atoms with Crippen LogP contribution in [0.4, 0.5) is 22.7 Å². The lowest BCUT2D eigenvalue weighted by Gasteiger charge is -2.39. The minimum absolute atomic E-state index is 0.00239. The number of ether oxygens (including phenoxy) is 6. The Kier molecular flexibility index (Phi) is 41.6. The molecule has 145 heavy (non-hydrogen) atoms. The fourth-order valence-electron chi connectivity index (χ4n) is 17.9. The first-order valence-corrected chi connectivity index (χ1v) is 57.5. The normalized spacial score (nSPS) is 20.1. The summed E-state index contributed by atoms with van der Waals surface area (Å²) in [4.78, 5) is 35.0. The van der Waals surface area contributed by atoms with Crippen LogP contribution in [0.25, 0.3) is 0 Å². The molecule has 0 bridgehead atoms.